The number of aromatic nitrogens is 2. The normalized spacial score (nSPS) is 10.7. The van der Waals surface area contributed by atoms with E-state index in [9.17, 15) is 4.79 Å². The molecule has 0 saturated carbocycles. The van der Waals surface area contributed by atoms with E-state index in [1.807, 2.05) is 20.8 Å². The molecule has 7 heteroatoms. The summed E-state index contributed by atoms with van der Waals surface area (Å²) >= 11 is 3.20. The highest BCUT2D eigenvalue weighted by Gasteiger charge is 2.09. The van der Waals surface area contributed by atoms with E-state index in [0.29, 0.717) is 6.42 Å². The van der Waals surface area contributed by atoms with Gasteiger partial charge in [0, 0.05) is 24.4 Å². The van der Waals surface area contributed by atoms with Crippen LogP contribution in [0.1, 0.15) is 36.5 Å². The Labute approximate surface area is 151 Å². The zero-order valence-corrected chi connectivity index (χ0v) is 16.2. The quantitative estimate of drug-likeness (QED) is 0.536. The van der Waals surface area contributed by atoms with Gasteiger partial charge < -0.3 is 10.6 Å². The number of nitrogens with zero attached hydrogens (tertiary/aromatic N) is 2. The maximum absolute atomic E-state index is 12.1. The molecule has 1 aromatic carbocycles. The van der Waals surface area contributed by atoms with Gasteiger partial charge in [-0.15, -0.1) is 10.2 Å². The Kier molecular flexibility index (Phi) is 7.05. The van der Waals surface area contributed by atoms with Crippen molar-refractivity contribution in [3.05, 3.63) is 28.8 Å². The van der Waals surface area contributed by atoms with Crippen molar-refractivity contribution in [1.82, 2.24) is 10.2 Å². The second kappa shape index (κ2) is 9.03. The average Bonchev–Trinajstić information content (AvgIpc) is 2.95. The van der Waals surface area contributed by atoms with Crippen molar-refractivity contribution in [1.29, 1.82) is 0 Å². The Bertz CT molecular complexity index is 677. The maximum Gasteiger partial charge on any atom is 0.224 e. The van der Waals surface area contributed by atoms with Crippen LogP contribution in [-0.2, 0) is 4.79 Å². The smallest absolute Gasteiger partial charge is 0.224 e. The number of carbonyl (C=O) groups is 1. The van der Waals surface area contributed by atoms with Gasteiger partial charge in [0.05, 0.1) is 0 Å². The molecule has 1 heterocycles. The van der Waals surface area contributed by atoms with Crippen molar-refractivity contribution < 1.29 is 4.79 Å². The molecule has 2 N–H and O–H groups in total. The molecule has 24 heavy (non-hydrogen) atoms. The molecule has 2 rings (SSSR count). The van der Waals surface area contributed by atoms with Crippen molar-refractivity contribution in [2.24, 2.45) is 0 Å². The average molecular weight is 365 g/mol. The predicted octanol–water partition coefficient (Wildman–Crippen LogP) is 4.41. The van der Waals surface area contributed by atoms with Crippen LogP contribution in [-0.4, -0.2) is 28.4 Å². The fourth-order valence-electron chi connectivity index (χ4n) is 2.46. The fourth-order valence-corrected chi connectivity index (χ4v) is 4.29. The summed E-state index contributed by atoms with van der Waals surface area (Å²) in [4.78, 5) is 12.1. The summed E-state index contributed by atoms with van der Waals surface area (Å²) in [6.45, 7) is 9.01. The summed E-state index contributed by atoms with van der Waals surface area (Å²) in [6.07, 6.45) is 1.33. The van der Waals surface area contributed by atoms with Gasteiger partial charge in [0.1, 0.15) is 0 Å². The fraction of sp³-hybridized carbons (Fsp3) is 0.471. The first-order valence-electron chi connectivity index (χ1n) is 8.07. The van der Waals surface area contributed by atoms with Crippen molar-refractivity contribution in [3.8, 4) is 0 Å². The minimum atomic E-state index is 0.0660. The van der Waals surface area contributed by atoms with E-state index < -0.39 is 0 Å². The van der Waals surface area contributed by atoms with E-state index in [4.69, 9.17) is 0 Å². The SMILES string of the molecule is CCNc1nnc(SCCCC(=O)Nc2c(C)cc(C)cc2C)s1. The molecular weight excluding hydrogens is 340 g/mol. The standard InChI is InChI=1S/C17H24N4OS2/c1-5-18-16-20-21-17(24-16)23-8-6-7-14(22)19-15-12(3)9-11(2)10-13(15)4/h9-10H,5-8H2,1-4H3,(H,18,20)(H,19,22). The van der Waals surface area contributed by atoms with Crippen molar-refractivity contribution in [3.63, 3.8) is 0 Å². The molecule has 0 aliphatic heterocycles. The van der Waals surface area contributed by atoms with Crippen molar-refractivity contribution >= 4 is 39.8 Å². The number of nitrogens with one attached hydrogen (secondary N) is 2. The summed E-state index contributed by atoms with van der Waals surface area (Å²) in [5.41, 5.74) is 4.38. The number of thioether (sulfide) groups is 1. The van der Waals surface area contributed by atoms with Gasteiger partial charge in [0.2, 0.25) is 11.0 Å². The highest BCUT2D eigenvalue weighted by atomic mass is 32.2. The lowest BCUT2D eigenvalue weighted by Gasteiger charge is -2.12. The third-order valence-electron chi connectivity index (χ3n) is 3.45. The third kappa shape index (κ3) is 5.49. The molecule has 5 nitrogen and oxygen atoms in total. The number of carbonyl (C=O) groups excluding carboxylic acids is 1. The second-order valence-electron chi connectivity index (χ2n) is 5.68. The molecule has 0 atom stereocenters. The Morgan fingerprint density at radius 2 is 1.92 bits per heavy atom. The highest BCUT2D eigenvalue weighted by molar-refractivity contribution is 8.01. The minimum Gasteiger partial charge on any atom is -0.360 e. The van der Waals surface area contributed by atoms with Crippen molar-refractivity contribution in [2.45, 2.75) is 44.9 Å². The molecule has 0 radical (unpaired) electrons. The van der Waals surface area contributed by atoms with Crippen LogP contribution in [0.25, 0.3) is 0 Å². The molecule has 130 valence electrons. The zero-order chi connectivity index (χ0) is 17.5. The van der Waals surface area contributed by atoms with Crippen LogP contribution in [0.2, 0.25) is 0 Å². The lowest BCUT2D eigenvalue weighted by Crippen LogP contribution is -2.13. The number of anilines is 2. The molecule has 1 amide bonds. The van der Waals surface area contributed by atoms with E-state index in [-0.39, 0.29) is 5.91 Å². The molecule has 0 aliphatic carbocycles. The first-order chi connectivity index (χ1) is 11.5. The van der Waals surface area contributed by atoms with Gasteiger partial charge in [0.25, 0.3) is 0 Å². The van der Waals surface area contributed by atoms with Crippen LogP contribution < -0.4 is 10.6 Å². The molecule has 0 bridgehead atoms. The maximum atomic E-state index is 12.1. The second-order valence-corrected chi connectivity index (χ2v) is 8.00. The van der Waals surface area contributed by atoms with Crippen LogP contribution in [0.4, 0.5) is 10.8 Å². The Morgan fingerprint density at radius 3 is 2.58 bits per heavy atom. The summed E-state index contributed by atoms with van der Waals surface area (Å²) in [5, 5.41) is 15.2. The molecule has 2 aromatic rings. The highest BCUT2D eigenvalue weighted by Crippen LogP contribution is 2.26. The van der Waals surface area contributed by atoms with E-state index >= 15 is 0 Å². The largest absolute Gasteiger partial charge is 0.360 e. The molecular formula is C17H24N4OS2. The van der Waals surface area contributed by atoms with Gasteiger partial charge in [0.15, 0.2) is 4.34 Å². The topological polar surface area (TPSA) is 66.9 Å². The van der Waals surface area contributed by atoms with Crippen LogP contribution >= 0.6 is 23.1 Å². The van der Waals surface area contributed by atoms with Gasteiger partial charge in [-0.2, -0.15) is 0 Å². The van der Waals surface area contributed by atoms with E-state index in [1.54, 1.807) is 23.1 Å². The third-order valence-corrected chi connectivity index (χ3v) is 5.55. The van der Waals surface area contributed by atoms with E-state index in [1.165, 1.54) is 5.56 Å². The number of hydrogen-bond acceptors (Lipinski definition) is 6. The van der Waals surface area contributed by atoms with E-state index in [0.717, 1.165) is 45.0 Å². The van der Waals surface area contributed by atoms with Gasteiger partial charge in [-0.3, -0.25) is 4.79 Å². The Hall–Kier alpha value is -1.60. The predicted molar refractivity (Wildman–Crippen MR) is 103 cm³/mol. The number of aryl methyl sites for hydroxylation is 3. The first kappa shape index (κ1) is 18.7. The summed E-state index contributed by atoms with van der Waals surface area (Å²) in [5.74, 6) is 0.927. The number of hydrogen-bond donors (Lipinski definition) is 2. The lowest BCUT2D eigenvalue weighted by atomic mass is 10.0. The van der Waals surface area contributed by atoms with Gasteiger partial charge in [-0.1, -0.05) is 40.8 Å². The molecule has 0 aliphatic rings. The van der Waals surface area contributed by atoms with Gasteiger partial charge in [-0.05, 0) is 45.2 Å². The summed E-state index contributed by atoms with van der Waals surface area (Å²) in [6, 6.07) is 4.19. The Morgan fingerprint density at radius 1 is 1.21 bits per heavy atom. The van der Waals surface area contributed by atoms with Gasteiger partial charge in [-0.25, -0.2) is 0 Å². The van der Waals surface area contributed by atoms with E-state index in [2.05, 4.69) is 39.9 Å². The van der Waals surface area contributed by atoms with Crippen molar-refractivity contribution in [2.75, 3.05) is 22.9 Å². The van der Waals surface area contributed by atoms with Crippen LogP contribution in [0.5, 0.6) is 0 Å². The molecule has 1 aromatic heterocycles. The molecule has 0 saturated heterocycles. The summed E-state index contributed by atoms with van der Waals surface area (Å²) in [7, 11) is 0. The molecule has 0 spiro atoms. The molecule has 0 unspecified atom stereocenters. The first-order valence-corrected chi connectivity index (χ1v) is 9.87. The van der Waals surface area contributed by atoms with Crippen LogP contribution in [0, 0.1) is 20.8 Å². The van der Waals surface area contributed by atoms with Crippen LogP contribution in [0.15, 0.2) is 16.5 Å². The monoisotopic (exact) mass is 364 g/mol. The molecule has 0 fully saturated rings. The lowest BCUT2D eigenvalue weighted by molar-refractivity contribution is -0.116. The van der Waals surface area contributed by atoms with Crippen LogP contribution in [0.3, 0.4) is 0 Å². The number of rotatable bonds is 8. The zero-order valence-electron chi connectivity index (χ0n) is 14.6. The summed E-state index contributed by atoms with van der Waals surface area (Å²) < 4.78 is 0.941. The Balaban J connectivity index is 1.75. The number of amides is 1. The minimum absolute atomic E-state index is 0.0660. The number of benzene rings is 1. The van der Waals surface area contributed by atoms with Gasteiger partial charge >= 0.3 is 0 Å².